The van der Waals surface area contributed by atoms with Gasteiger partial charge in [0.1, 0.15) is 5.82 Å². The van der Waals surface area contributed by atoms with E-state index in [1.807, 2.05) is 0 Å². The molecule has 1 aromatic carbocycles. The van der Waals surface area contributed by atoms with Gasteiger partial charge in [0.05, 0.1) is 12.1 Å². The first-order valence-electron chi connectivity index (χ1n) is 5.77. The summed E-state index contributed by atoms with van der Waals surface area (Å²) in [7, 11) is 0. The third-order valence-electron chi connectivity index (χ3n) is 2.34. The van der Waals surface area contributed by atoms with E-state index in [0.717, 1.165) is 0 Å². The summed E-state index contributed by atoms with van der Waals surface area (Å²) >= 11 is 0. The molecule has 0 aliphatic heterocycles. The van der Waals surface area contributed by atoms with Crippen molar-refractivity contribution in [2.24, 2.45) is 0 Å². The van der Waals surface area contributed by atoms with Gasteiger partial charge in [-0.1, -0.05) is 24.3 Å². The average Bonchev–Trinajstić information content (AvgIpc) is 2.28. The Balaban J connectivity index is 2.48. The highest BCUT2D eigenvalue weighted by atomic mass is 19.1. The quantitative estimate of drug-likeness (QED) is 0.842. The molecule has 0 radical (unpaired) electrons. The second-order valence-electron chi connectivity index (χ2n) is 4.75. The molecule has 4 heteroatoms. The lowest BCUT2D eigenvalue weighted by atomic mass is 10.1. The maximum Gasteiger partial charge on any atom is 0.224 e. The monoisotopic (exact) mass is 251 g/mol. The highest BCUT2D eigenvalue weighted by Crippen LogP contribution is 2.06. The number of benzene rings is 1. The van der Waals surface area contributed by atoms with E-state index in [1.165, 1.54) is 12.1 Å². The van der Waals surface area contributed by atoms with Crippen molar-refractivity contribution in [3.05, 3.63) is 41.7 Å². The van der Waals surface area contributed by atoms with Crippen LogP contribution >= 0.6 is 0 Å². The maximum atomic E-state index is 12.9. The van der Waals surface area contributed by atoms with Crippen molar-refractivity contribution in [2.45, 2.75) is 25.8 Å². The van der Waals surface area contributed by atoms with Gasteiger partial charge in [-0.2, -0.15) is 0 Å². The number of halogens is 1. The SMILES string of the molecule is CC(C)(CO)NC(=O)C/C=C/c1cccc(F)c1. The van der Waals surface area contributed by atoms with Gasteiger partial charge in [-0.25, -0.2) is 4.39 Å². The minimum absolute atomic E-state index is 0.119. The normalized spacial score (nSPS) is 11.8. The van der Waals surface area contributed by atoms with E-state index in [1.54, 1.807) is 38.1 Å². The first-order chi connectivity index (χ1) is 8.43. The van der Waals surface area contributed by atoms with Crippen LogP contribution < -0.4 is 5.32 Å². The number of carbonyl (C=O) groups is 1. The highest BCUT2D eigenvalue weighted by molar-refractivity contribution is 5.79. The minimum atomic E-state index is -0.621. The lowest BCUT2D eigenvalue weighted by molar-refractivity contribution is -0.122. The Labute approximate surface area is 106 Å². The summed E-state index contributed by atoms with van der Waals surface area (Å²) < 4.78 is 12.9. The standard InChI is InChI=1S/C14H18FNO2/c1-14(2,10-17)16-13(18)8-4-6-11-5-3-7-12(15)9-11/h3-7,9,17H,8,10H2,1-2H3,(H,16,18)/b6-4+. The van der Waals surface area contributed by atoms with Crippen molar-refractivity contribution in [3.8, 4) is 0 Å². The zero-order valence-electron chi connectivity index (χ0n) is 10.6. The van der Waals surface area contributed by atoms with Gasteiger partial charge in [0.25, 0.3) is 0 Å². The summed E-state index contributed by atoms with van der Waals surface area (Å²) in [4.78, 5) is 11.5. The first-order valence-corrected chi connectivity index (χ1v) is 5.77. The molecule has 0 aliphatic carbocycles. The predicted octanol–water partition coefficient (Wildman–Crippen LogP) is 2.12. The van der Waals surface area contributed by atoms with E-state index >= 15 is 0 Å². The lowest BCUT2D eigenvalue weighted by Crippen LogP contribution is -2.46. The van der Waals surface area contributed by atoms with Gasteiger partial charge in [-0.3, -0.25) is 4.79 Å². The molecule has 0 aromatic heterocycles. The number of nitrogens with one attached hydrogen (secondary N) is 1. The fraction of sp³-hybridized carbons (Fsp3) is 0.357. The molecule has 18 heavy (non-hydrogen) atoms. The Morgan fingerprint density at radius 3 is 2.83 bits per heavy atom. The fourth-order valence-electron chi connectivity index (χ4n) is 1.38. The zero-order chi connectivity index (χ0) is 13.6. The highest BCUT2D eigenvalue weighted by Gasteiger charge is 2.17. The van der Waals surface area contributed by atoms with Crippen molar-refractivity contribution >= 4 is 12.0 Å². The summed E-state index contributed by atoms with van der Waals surface area (Å²) in [5.41, 5.74) is 0.0910. The second-order valence-corrected chi connectivity index (χ2v) is 4.75. The molecule has 0 saturated carbocycles. The van der Waals surface area contributed by atoms with Crippen LogP contribution in [0.2, 0.25) is 0 Å². The van der Waals surface area contributed by atoms with Crippen LogP contribution in [0.4, 0.5) is 4.39 Å². The van der Waals surface area contributed by atoms with E-state index in [2.05, 4.69) is 5.32 Å². The van der Waals surface area contributed by atoms with Gasteiger partial charge in [0, 0.05) is 6.42 Å². The number of aliphatic hydroxyl groups excluding tert-OH is 1. The summed E-state index contributed by atoms with van der Waals surface area (Å²) in [5.74, 6) is -0.482. The van der Waals surface area contributed by atoms with E-state index in [9.17, 15) is 9.18 Å². The lowest BCUT2D eigenvalue weighted by Gasteiger charge is -2.22. The van der Waals surface area contributed by atoms with E-state index in [0.29, 0.717) is 5.56 Å². The third-order valence-corrected chi connectivity index (χ3v) is 2.34. The Bertz CT molecular complexity index is 441. The van der Waals surface area contributed by atoms with E-state index in [-0.39, 0.29) is 24.8 Å². The van der Waals surface area contributed by atoms with Crippen LogP contribution in [0.25, 0.3) is 6.08 Å². The molecule has 98 valence electrons. The number of aliphatic hydroxyl groups is 1. The molecule has 2 N–H and O–H groups in total. The van der Waals surface area contributed by atoms with Crippen LogP contribution in [0.1, 0.15) is 25.8 Å². The van der Waals surface area contributed by atoms with Gasteiger partial charge in [-0.15, -0.1) is 0 Å². The zero-order valence-corrected chi connectivity index (χ0v) is 10.6. The van der Waals surface area contributed by atoms with Crippen molar-refractivity contribution < 1.29 is 14.3 Å². The molecule has 0 saturated heterocycles. The smallest absolute Gasteiger partial charge is 0.224 e. The van der Waals surface area contributed by atoms with Crippen molar-refractivity contribution in [2.75, 3.05) is 6.61 Å². The van der Waals surface area contributed by atoms with Crippen LogP contribution in [0.5, 0.6) is 0 Å². The molecule has 0 aliphatic rings. The van der Waals surface area contributed by atoms with Crippen LogP contribution in [0, 0.1) is 5.82 Å². The average molecular weight is 251 g/mol. The predicted molar refractivity (Wildman–Crippen MR) is 69.4 cm³/mol. The number of hydrogen-bond acceptors (Lipinski definition) is 2. The Kier molecular flexibility index (Phi) is 5.04. The summed E-state index contributed by atoms with van der Waals surface area (Å²) in [5, 5.41) is 11.7. The molecular weight excluding hydrogens is 233 g/mol. The molecule has 0 spiro atoms. The molecule has 1 aromatic rings. The first kappa shape index (κ1) is 14.4. The Hall–Kier alpha value is -1.68. The number of amides is 1. The largest absolute Gasteiger partial charge is 0.394 e. The molecule has 0 heterocycles. The van der Waals surface area contributed by atoms with Gasteiger partial charge in [0.15, 0.2) is 0 Å². The summed E-state index contributed by atoms with van der Waals surface area (Å²) in [6.45, 7) is 3.36. The Morgan fingerprint density at radius 2 is 2.22 bits per heavy atom. The van der Waals surface area contributed by atoms with E-state index < -0.39 is 5.54 Å². The fourth-order valence-corrected chi connectivity index (χ4v) is 1.38. The summed E-state index contributed by atoms with van der Waals surface area (Å²) in [6.07, 6.45) is 3.55. The van der Waals surface area contributed by atoms with Gasteiger partial charge in [-0.05, 0) is 31.5 Å². The van der Waals surface area contributed by atoms with Gasteiger partial charge >= 0.3 is 0 Å². The van der Waals surface area contributed by atoms with Gasteiger partial charge in [0.2, 0.25) is 5.91 Å². The van der Waals surface area contributed by atoms with Crippen molar-refractivity contribution in [1.82, 2.24) is 5.32 Å². The molecular formula is C14H18FNO2. The number of carbonyl (C=O) groups excluding carboxylic acids is 1. The van der Waals surface area contributed by atoms with Gasteiger partial charge < -0.3 is 10.4 Å². The number of hydrogen-bond donors (Lipinski definition) is 2. The molecule has 0 fully saturated rings. The molecule has 1 rings (SSSR count). The second kappa shape index (κ2) is 6.31. The minimum Gasteiger partial charge on any atom is -0.394 e. The van der Waals surface area contributed by atoms with Crippen LogP contribution in [0.15, 0.2) is 30.3 Å². The van der Waals surface area contributed by atoms with Crippen LogP contribution in [-0.4, -0.2) is 23.2 Å². The van der Waals surface area contributed by atoms with Crippen LogP contribution in [0.3, 0.4) is 0 Å². The Morgan fingerprint density at radius 1 is 1.50 bits per heavy atom. The molecule has 0 unspecified atom stereocenters. The topological polar surface area (TPSA) is 49.3 Å². The van der Waals surface area contributed by atoms with Crippen molar-refractivity contribution in [3.63, 3.8) is 0 Å². The number of rotatable bonds is 5. The van der Waals surface area contributed by atoms with Crippen LogP contribution in [-0.2, 0) is 4.79 Å². The van der Waals surface area contributed by atoms with E-state index in [4.69, 9.17) is 5.11 Å². The summed E-state index contributed by atoms with van der Waals surface area (Å²) in [6, 6.07) is 6.14. The van der Waals surface area contributed by atoms with Crippen molar-refractivity contribution in [1.29, 1.82) is 0 Å². The maximum absolute atomic E-state index is 12.9. The third kappa shape index (κ3) is 5.10. The molecule has 0 atom stereocenters. The molecule has 0 bridgehead atoms. The molecule has 3 nitrogen and oxygen atoms in total. The molecule has 1 amide bonds.